The Hall–Kier alpha value is -0.200. The van der Waals surface area contributed by atoms with Crippen molar-refractivity contribution >= 4 is 0 Å². The Morgan fingerprint density at radius 2 is 2.07 bits per heavy atom. The van der Waals surface area contributed by atoms with Crippen molar-refractivity contribution in [1.82, 2.24) is 15.5 Å². The molecule has 0 aromatic carbocycles. The first-order chi connectivity index (χ1) is 7.33. The van der Waals surface area contributed by atoms with Crippen LogP contribution in [0.1, 0.15) is 6.42 Å². The molecule has 0 aliphatic carbocycles. The molecule has 90 valence electrons. The Bertz CT molecular complexity index is 147. The van der Waals surface area contributed by atoms with Crippen LogP contribution in [0.2, 0.25) is 0 Å². The van der Waals surface area contributed by atoms with Gasteiger partial charge in [0.05, 0.1) is 0 Å². The standard InChI is InChI=1S/C10H25N5/c11-2-1-10(12)9-14-5-8-15-6-3-13-4-7-15/h10,13-14H,1-9,11-12H2. The molecular weight excluding hydrogens is 190 g/mol. The largest absolute Gasteiger partial charge is 0.330 e. The molecular formula is C10H25N5. The lowest BCUT2D eigenvalue weighted by molar-refractivity contribution is 0.240. The lowest BCUT2D eigenvalue weighted by Gasteiger charge is -2.27. The van der Waals surface area contributed by atoms with Gasteiger partial charge in [-0.15, -0.1) is 0 Å². The second kappa shape index (κ2) is 8.01. The van der Waals surface area contributed by atoms with Crippen molar-refractivity contribution in [2.45, 2.75) is 12.5 Å². The third-order valence-electron chi connectivity index (χ3n) is 2.76. The average molecular weight is 215 g/mol. The molecule has 6 N–H and O–H groups in total. The predicted molar refractivity (Wildman–Crippen MR) is 63.8 cm³/mol. The minimum Gasteiger partial charge on any atom is -0.330 e. The smallest absolute Gasteiger partial charge is 0.0177 e. The van der Waals surface area contributed by atoms with Gasteiger partial charge in [0, 0.05) is 51.9 Å². The van der Waals surface area contributed by atoms with E-state index in [2.05, 4.69) is 15.5 Å². The van der Waals surface area contributed by atoms with Crippen LogP contribution in [0.15, 0.2) is 0 Å². The zero-order chi connectivity index (χ0) is 10.9. The van der Waals surface area contributed by atoms with Gasteiger partial charge >= 0.3 is 0 Å². The number of piperazine rings is 1. The summed E-state index contributed by atoms with van der Waals surface area (Å²) >= 11 is 0. The van der Waals surface area contributed by atoms with Crippen LogP contribution >= 0.6 is 0 Å². The number of hydrogen-bond acceptors (Lipinski definition) is 5. The Kier molecular flexibility index (Phi) is 6.87. The summed E-state index contributed by atoms with van der Waals surface area (Å²) in [5.41, 5.74) is 11.3. The maximum atomic E-state index is 5.84. The molecule has 0 radical (unpaired) electrons. The summed E-state index contributed by atoms with van der Waals surface area (Å²) in [4.78, 5) is 2.47. The van der Waals surface area contributed by atoms with Gasteiger partial charge in [-0.1, -0.05) is 0 Å². The predicted octanol–water partition coefficient (Wildman–Crippen LogP) is -1.84. The zero-order valence-electron chi connectivity index (χ0n) is 9.54. The molecule has 15 heavy (non-hydrogen) atoms. The highest BCUT2D eigenvalue weighted by Crippen LogP contribution is 1.90. The number of nitrogens with two attached hydrogens (primary N) is 2. The van der Waals surface area contributed by atoms with Crippen LogP contribution in [0, 0.1) is 0 Å². The zero-order valence-corrected chi connectivity index (χ0v) is 9.54. The van der Waals surface area contributed by atoms with Crippen LogP contribution in [0.5, 0.6) is 0 Å². The highest BCUT2D eigenvalue weighted by atomic mass is 15.2. The number of hydrogen-bond donors (Lipinski definition) is 4. The third kappa shape index (κ3) is 6.06. The first kappa shape index (κ1) is 12.9. The van der Waals surface area contributed by atoms with Gasteiger partial charge in [-0.25, -0.2) is 0 Å². The summed E-state index contributed by atoms with van der Waals surface area (Å²) in [6.45, 7) is 8.27. The van der Waals surface area contributed by atoms with Gasteiger partial charge in [-0.2, -0.15) is 0 Å². The normalized spacial score (nSPS) is 20.4. The fraction of sp³-hybridized carbons (Fsp3) is 1.00. The molecule has 5 heteroatoms. The van der Waals surface area contributed by atoms with Crippen molar-refractivity contribution in [3.63, 3.8) is 0 Å². The van der Waals surface area contributed by atoms with Gasteiger partial charge < -0.3 is 22.1 Å². The number of nitrogens with zero attached hydrogens (tertiary/aromatic N) is 1. The Morgan fingerprint density at radius 3 is 2.73 bits per heavy atom. The van der Waals surface area contributed by atoms with Gasteiger partial charge in [0.2, 0.25) is 0 Å². The molecule has 5 nitrogen and oxygen atoms in total. The van der Waals surface area contributed by atoms with Crippen molar-refractivity contribution < 1.29 is 0 Å². The third-order valence-corrected chi connectivity index (χ3v) is 2.76. The molecule has 1 saturated heterocycles. The van der Waals surface area contributed by atoms with Crippen LogP contribution in [-0.2, 0) is 0 Å². The SMILES string of the molecule is NCCC(N)CNCCN1CCNCC1. The molecule has 1 aliphatic heterocycles. The minimum absolute atomic E-state index is 0.207. The van der Waals surface area contributed by atoms with Crippen molar-refractivity contribution in [3.8, 4) is 0 Å². The second-order valence-corrected chi connectivity index (χ2v) is 4.13. The molecule has 0 aromatic heterocycles. The summed E-state index contributed by atoms with van der Waals surface area (Å²) in [5, 5.41) is 6.72. The van der Waals surface area contributed by atoms with Crippen molar-refractivity contribution in [1.29, 1.82) is 0 Å². The molecule has 1 rings (SSSR count). The monoisotopic (exact) mass is 215 g/mol. The first-order valence-corrected chi connectivity index (χ1v) is 5.92. The first-order valence-electron chi connectivity index (χ1n) is 5.92. The number of nitrogens with one attached hydrogen (secondary N) is 2. The van der Waals surface area contributed by atoms with E-state index in [9.17, 15) is 0 Å². The number of rotatable bonds is 7. The van der Waals surface area contributed by atoms with Crippen LogP contribution in [0.3, 0.4) is 0 Å². The average Bonchev–Trinajstić information content (AvgIpc) is 2.26. The van der Waals surface area contributed by atoms with E-state index < -0.39 is 0 Å². The van der Waals surface area contributed by atoms with Crippen LogP contribution in [-0.4, -0.2) is 63.3 Å². The molecule has 1 fully saturated rings. The van der Waals surface area contributed by atoms with E-state index in [-0.39, 0.29) is 6.04 Å². The quantitative estimate of drug-likeness (QED) is 0.375. The topological polar surface area (TPSA) is 79.3 Å². The summed E-state index contributed by atoms with van der Waals surface area (Å²) in [6, 6.07) is 0.207. The molecule has 1 heterocycles. The van der Waals surface area contributed by atoms with Gasteiger partial charge in [0.25, 0.3) is 0 Å². The molecule has 1 unspecified atom stereocenters. The second-order valence-electron chi connectivity index (χ2n) is 4.13. The van der Waals surface area contributed by atoms with E-state index in [1.165, 1.54) is 0 Å². The molecule has 0 aromatic rings. The van der Waals surface area contributed by atoms with E-state index in [1.807, 2.05) is 0 Å². The van der Waals surface area contributed by atoms with Gasteiger partial charge in [-0.05, 0) is 13.0 Å². The van der Waals surface area contributed by atoms with E-state index in [1.54, 1.807) is 0 Å². The lowest BCUT2D eigenvalue weighted by atomic mass is 10.2. The van der Waals surface area contributed by atoms with Gasteiger partial charge in [-0.3, -0.25) is 4.90 Å². The van der Waals surface area contributed by atoms with Crippen molar-refractivity contribution in [2.75, 3.05) is 52.4 Å². The van der Waals surface area contributed by atoms with Gasteiger partial charge in [0.15, 0.2) is 0 Å². The highest BCUT2D eigenvalue weighted by molar-refractivity contribution is 4.70. The van der Waals surface area contributed by atoms with Crippen molar-refractivity contribution in [3.05, 3.63) is 0 Å². The maximum Gasteiger partial charge on any atom is 0.0177 e. The van der Waals surface area contributed by atoms with Crippen LogP contribution in [0.25, 0.3) is 0 Å². The molecule has 1 aliphatic rings. The van der Waals surface area contributed by atoms with E-state index >= 15 is 0 Å². The van der Waals surface area contributed by atoms with E-state index in [4.69, 9.17) is 11.5 Å². The van der Waals surface area contributed by atoms with E-state index in [0.717, 1.165) is 52.2 Å². The Labute approximate surface area is 92.6 Å². The fourth-order valence-corrected chi connectivity index (χ4v) is 1.78. The summed E-state index contributed by atoms with van der Waals surface area (Å²) in [6.07, 6.45) is 0.903. The summed E-state index contributed by atoms with van der Waals surface area (Å²) in [5.74, 6) is 0. The van der Waals surface area contributed by atoms with Crippen LogP contribution < -0.4 is 22.1 Å². The fourth-order valence-electron chi connectivity index (χ4n) is 1.78. The van der Waals surface area contributed by atoms with E-state index in [0.29, 0.717) is 6.54 Å². The van der Waals surface area contributed by atoms with Gasteiger partial charge in [0.1, 0.15) is 0 Å². The highest BCUT2D eigenvalue weighted by Gasteiger charge is 2.08. The Morgan fingerprint density at radius 1 is 1.33 bits per heavy atom. The molecule has 0 saturated carbocycles. The lowest BCUT2D eigenvalue weighted by Crippen LogP contribution is -2.46. The summed E-state index contributed by atoms with van der Waals surface area (Å²) < 4.78 is 0. The maximum absolute atomic E-state index is 5.84. The molecule has 1 atom stereocenters. The van der Waals surface area contributed by atoms with Crippen LogP contribution in [0.4, 0.5) is 0 Å². The molecule has 0 bridgehead atoms. The van der Waals surface area contributed by atoms with Crippen molar-refractivity contribution in [2.24, 2.45) is 11.5 Å². The molecule has 0 amide bonds. The minimum atomic E-state index is 0.207. The molecule has 0 spiro atoms. The summed E-state index contributed by atoms with van der Waals surface area (Å²) in [7, 11) is 0. The Balaban J connectivity index is 1.91.